The maximum atomic E-state index is 12.9. The van der Waals surface area contributed by atoms with Gasteiger partial charge in [0.15, 0.2) is 0 Å². The highest BCUT2D eigenvalue weighted by Gasteiger charge is 2.31. The Kier molecular flexibility index (Phi) is 5.67. The first kappa shape index (κ1) is 19.0. The fourth-order valence-corrected chi connectivity index (χ4v) is 4.46. The molecule has 2 amide bonds. The predicted octanol–water partition coefficient (Wildman–Crippen LogP) is 4.32. The van der Waals surface area contributed by atoms with Crippen LogP contribution in [0.2, 0.25) is 0 Å². The number of para-hydroxylation sites is 2. The summed E-state index contributed by atoms with van der Waals surface area (Å²) < 4.78 is 6.63. The monoisotopic (exact) mass is 442 g/mol. The van der Waals surface area contributed by atoms with Crippen molar-refractivity contribution < 1.29 is 14.3 Å². The van der Waals surface area contributed by atoms with Gasteiger partial charge in [-0.05, 0) is 42.7 Å². The Balaban J connectivity index is 1.40. The second kappa shape index (κ2) is 8.35. The summed E-state index contributed by atoms with van der Waals surface area (Å²) in [4.78, 5) is 29.3. The smallest absolute Gasteiger partial charge is 0.227 e. The first-order valence-corrected chi connectivity index (χ1v) is 10.5. The Morgan fingerprint density at radius 1 is 1.04 bits per heavy atom. The van der Waals surface area contributed by atoms with E-state index in [0.29, 0.717) is 13.2 Å². The zero-order valence-corrected chi connectivity index (χ0v) is 17.2. The predicted molar refractivity (Wildman–Crippen MR) is 111 cm³/mol. The van der Waals surface area contributed by atoms with Crippen molar-refractivity contribution in [3.05, 3.63) is 58.6 Å². The number of amides is 2. The lowest BCUT2D eigenvalue weighted by Gasteiger charge is -2.30. The van der Waals surface area contributed by atoms with E-state index in [1.54, 1.807) is 4.90 Å². The molecule has 0 saturated carbocycles. The molecule has 2 aliphatic heterocycles. The zero-order valence-electron chi connectivity index (χ0n) is 15.6. The summed E-state index contributed by atoms with van der Waals surface area (Å²) in [6.45, 7) is 1.76. The number of halogens is 1. The molecule has 2 aliphatic rings. The SMILES string of the molecule is O=C(CCC(=O)N1CCCC1c1cccc(Br)c1)N1CCOc2ccccc21. The van der Waals surface area contributed by atoms with Crippen molar-refractivity contribution in [3.63, 3.8) is 0 Å². The molecule has 28 heavy (non-hydrogen) atoms. The number of benzene rings is 2. The Hall–Kier alpha value is -2.34. The number of carbonyl (C=O) groups excluding carboxylic acids is 2. The molecule has 6 heteroatoms. The topological polar surface area (TPSA) is 49.9 Å². The molecule has 0 aliphatic carbocycles. The molecule has 0 bridgehead atoms. The molecule has 2 aromatic carbocycles. The minimum Gasteiger partial charge on any atom is -0.490 e. The minimum absolute atomic E-state index is 0.0256. The standard InChI is InChI=1S/C22H23BrN2O3/c23-17-6-3-5-16(15-17)18-8-4-12-24(18)21(26)10-11-22(27)25-13-14-28-20-9-2-1-7-19(20)25/h1-3,5-7,9,15,18H,4,8,10-14H2. The van der Waals surface area contributed by atoms with Crippen molar-refractivity contribution in [1.29, 1.82) is 0 Å². The van der Waals surface area contributed by atoms with Crippen LogP contribution in [0.25, 0.3) is 0 Å². The van der Waals surface area contributed by atoms with Gasteiger partial charge in [-0.2, -0.15) is 0 Å². The zero-order chi connectivity index (χ0) is 19.5. The van der Waals surface area contributed by atoms with Gasteiger partial charge in [-0.15, -0.1) is 0 Å². The highest BCUT2D eigenvalue weighted by atomic mass is 79.9. The van der Waals surface area contributed by atoms with Crippen molar-refractivity contribution in [3.8, 4) is 5.75 Å². The van der Waals surface area contributed by atoms with E-state index in [1.165, 1.54) is 0 Å². The Morgan fingerprint density at radius 3 is 2.71 bits per heavy atom. The molecule has 1 unspecified atom stereocenters. The fourth-order valence-electron chi connectivity index (χ4n) is 4.05. The number of carbonyl (C=O) groups is 2. The van der Waals surface area contributed by atoms with Crippen LogP contribution in [0.15, 0.2) is 53.0 Å². The number of rotatable bonds is 4. The Morgan fingerprint density at radius 2 is 1.86 bits per heavy atom. The second-order valence-corrected chi connectivity index (χ2v) is 8.08. The van der Waals surface area contributed by atoms with E-state index in [4.69, 9.17) is 4.74 Å². The first-order valence-electron chi connectivity index (χ1n) is 9.70. The first-order chi connectivity index (χ1) is 13.6. The van der Waals surface area contributed by atoms with Crippen molar-refractivity contribution in [2.24, 2.45) is 0 Å². The van der Waals surface area contributed by atoms with Crippen molar-refractivity contribution >= 4 is 33.4 Å². The van der Waals surface area contributed by atoms with Crippen molar-refractivity contribution in [2.75, 3.05) is 24.6 Å². The van der Waals surface area contributed by atoms with Gasteiger partial charge in [-0.3, -0.25) is 9.59 Å². The summed E-state index contributed by atoms with van der Waals surface area (Å²) in [5.41, 5.74) is 1.94. The largest absolute Gasteiger partial charge is 0.490 e. The number of hydrogen-bond donors (Lipinski definition) is 0. The molecule has 2 heterocycles. The van der Waals surface area contributed by atoms with E-state index in [1.807, 2.05) is 41.3 Å². The average molecular weight is 443 g/mol. The van der Waals surface area contributed by atoms with E-state index in [9.17, 15) is 9.59 Å². The van der Waals surface area contributed by atoms with Gasteiger partial charge in [0.25, 0.3) is 0 Å². The van der Waals surface area contributed by atoms with Crippen LogP contribution in [0.5, 0.6) is 5.75 Å². The molecule has 0 N–H and O–H groups in total. The summed E-state index contributed by atoms with van der Waals surface area (Å²) in [6.07, 6.45) is 2.42. The van der Waals surface area contributed by atoms with Crippen LogP contribution in [0.1, 0.15) is 37.3 Å². The van der Waals surface area contributed by atoms with E-state index >= 15 is 0 Å². The Labute approximate surface area is 173 Å². The van der Waals surface area contributed by atoms with Crippen LogP contribution in [0.3, 0.4) is 0 Å². The number of likely N-dealkylation sites (tertiary alicyclic amines) is 1. The van der Waals surface area contributed by atoms with Crippen LogP contribution >= 0.6 is 15.9 Å². The van der Waals surface area contributed by atoms with Gasteiger partial charge < -0.3 is 14.5 Å². The number of fused-ring (bicyclic) bond motifs is 1. The summed E-state index contributed by atoms with van der Waals surface area (Å²) >= 11 is 3.51. The third kappa shape index (κ3) is 3.92. The Bertz CT molecular complexity index is 886. The van der Waals surface area contributed by atoms with Gasteiger partial charge in [0.05, 0.1) is 18.3 Å². The molecule has 5 nitrogen and oxygen atoms in total. The van der Waals surface area contributed by atoms with Crippen LogP contribution in [-0.2, 0) is 9.59 Å². The van der Waals surface area contributed by atoms with Gasteiger partial charge in [0.1, 0.15) is 12.4 Å². The molecule has 4 rings (SSSR count). The van der Waals surface area contributed by atoms with Crippen LogP contribution < -0.4 is 9.64 Å². The second-order valence-electron chi connectivity index (χ2n) is 7.16. The molecule has 0 radical (unpaired) electrons. The van der Waals surface area contributed by atoms with Gasteiger partial charge in [0, 0.05) is 23.9 Å². The average Bonchev–Trinajstić information content (AvgIpc) is 3.21. The van der Waals surface area contributed by atoms with Gasteiger partial charge in [-0.1, -0.05) is 40.2 Å². The highest BCUT2D eigenvalue weighted by Crippen LogP contribution is 2.34. The molecular weight excluding hydrogens is 420 g/mol. The fraction of sp³-hybridized carbons (Fsp3) is 0.364. The lowest BCUT2D eigenvalue weighted by Crippen LogP contribution is -2.39. The van der Waals surface area contributed by atoms with Crippen molar-refractivity contribution in [2.45, 2.75) is 31.7 Å². The third-order valence-electron chi connectivity index (χ3n) is 5.39. The third-order valence-corrected chi connectivity index (χ3v) is 5.88. The van der Waals surface area contributed by atoms with Gasteiger partial charge in [-0.25, -0.2) is 0 Å². The lowest BCUT2D eigenvalue weighted by atomic mass is 10.0. The maximum absolute atomic E-state index is 12.9. The quantitative estimate of drug-likeness (QED) is 0.708. The molecule has 146 valence electrons. The lowest BCUT2D eigenvalue weighted by molar-refractivity contribution is -0.134. The van der Waals surface area contributed by atoms with Gasteiger partial charge in [0.2, 0.25) is 11.8 Å². The van der Waals surface area contributed by atoms with E-state index in [-0.39, 0.29) is 30.7 Å². The minimum atomic E-state index is -0.0256. The molecule has 1 atom stereocenters. The number of anilines is 1. The molecular formula is C22H23BrN2O3. The summed E-state index contributed by atoms with van der Waals surface area (Å²) in [5.74, 6) is 0.752. The molecule has 1 fully saturated rings. The van der Waals surface area contributed by atoms with E-state index < -0.39 is 0 Å². The molecule has 0 spiro atoms. The summed E-state index contributed by atoms with van der Waals surface area (Å²) in [5, 5.41) is 0. The van der Waals surface area contributed by atoms with Gasteiger partial charge >= 0.3 is 0 Å². The van der Waals surface area contributed by atoms with E-state index in [0.717, 1.165) is 40.9 Å². The number of hydrogen-bond acceptors (Lipinski definition) is 3. The van der Waals surface area contributed by atoms with Crippen molar-refractivity contribution in [1.82, 2.24) is 4.90 Å². The normalized spacial score (nSPS) is 18.5. The van der Waals surface area contributed by atoms with Crippen LogP contribution in [0, 0.1) is 0 Å². The number of ether oxygens (including phenoxy) is 1. The highest BCUT2D eigenvalue weighted by molar-refractivity contribution is 9.10. The summed E-state index contributed by atoms with van der Waals surface area (Å²) in [6, 6.07) is 15.8. The summed E-state index contributed by atoms with van der Waals surface area (Å²) in [7, 11) is 0. The molecule has 0 aromatic heterocycles. The molecule has 1 saturated heterocycles. The van der Waals surface area contributed by atoms with Crippen LogP contribution in [-0.4, -0.2) is 36.4 Å². The number of nitrogens with zero attached hydrogens (tertiary/aromatic N) is 2. The molecule has 2 aromatic rings. The maximum Gasteiger partial charge on any atom is 0.227 e. The van der Waals surface area contributed by atoms with Crippen LogP contribution in [0.4, 0.5) is 5.69 Å². The van der Waals surface area contributed by atoms with E-state index in [2.05, 4.69) is 28.1 Å².